The van der Waals surface area contributed by atoms with Gasteiger partial charge in [0.25, 0.3) is 5.91 Å². The van der Waals surface area contributed by atoms with Gasteiger partial charge in [-0.3, -0.25) is 4.79 Å². The summed E-state index contributed by atoms with van der Waals surface area (Å²) in [4.78, 5) is 18.4. The summed E-state index contributed by atoms with van der Waals surface area (Å²) in [5, 5.41) is 3.17. The molecule has 0 aromatic carbocycles. The van der Waals surface area contributed by atoms with Crippen molar-refractivity contribution < 1.29 is 13.2 Å². The van der Waals surface area contributed by atoms with E-state index in [2.05, 4.69) is 17.2 Å². The van der Waals surface area contributed by atoms with Crippen LogP contribution in [0.1, 0.15) is 29.4 Å². The lowest BCUT2D eigenvalue weighted by atomic mass is 10.2. The summed E-state index contributed by atoms with van der Waals surface area (Å²) in [7, 11) is -2.98. The molecule has 1 N–H and O–H groups in total. The Bertz CT molecular complexity index is 614. The van der Waals surface area contributed by atoms with Crippen LogP contribution in [-0.2, 0) is 9.84 Å². The molecular formula is C14H21N3O3S. The third kappa shape index (κ3) is 4.17. The van der Waals surface area contributed by atoms with E-state index in [1.165, 1.54) is 0 Å². The van der Waals surface area contributed by atoms with Crippen LogP contribution >= 0.6 is 0 Å². The zero-order valence-electron chi connectivity index (χ0n) is 12.4. The first-order chi connectivity index (χ1) is 9.91. The molecule has 1 aliphatic heterocycles. The van der Waals surface area contributed by atoms with E-state index in [9.17, 15) is 13.2 Å². The van der Waals surface area contributed by atoms with E-state index in [1.807, 2.05) is 6.92 Å². The van der Waals surface area contributed by atoms with Gasteiger partial charge in [-0.1, -0.05) is 6.92 Å². The van der Waals surface area contributed by atoms with Crippen LogP contribution in [0.5, 0.6) is 0 Å². The van der Waals surface area contributed by atoms with Crippen molar-refractivity contribution in [2.45, 2.75) is 20.3 Å². The Labute approximate surface area is 125 Å². The second kappa shape index (κ2) is 6.43. The molecule has 2 rings (SSSR count). The minimum Gasteiger partial charge on any atom is -0.370 e. The van der Waals surface area contributed by atoms with E-state index in [4.69, 9.17) is 0 Å². The van der Waals surface area contributed by atoms with Gasteiger partial charge < -0.3 is 10.2 Å². The van der Waals surface area contributed by atoms with Crippen molar-refractivity contribution in [3.63, 3.8) is 0 Å². The molecule has 0 saturated carbocycles. The molecule has 1 aromatic rings. The van der Waals surface area contributed by atoms with Gasteiger partial charge in [-0.15, -0.1) is 0 Å². The van der Waals surface area contributed by atoms with Gasteiger partial charge in [-0.2, -0.15) is 0 Å². The highest BCUT2D eigenvalue weighted by molar-refractivity contribution is 7.91. The SMILES string of the molecule is CCCNc1cc(C(=O)N2CCS(=O)(=O)CC2)cc(C)n1. The first-order valence-electron chi connectivity index (χ1n) is 7.13. The van der Waals surface area contributed by atoms with E-state index >= 15 is 0 Å². The number of carbonyl (C=O) groups is 1. The van der Waals surface area contributed by atoms with Crippen LogP contribution in [0.4, 0.5) is 5.82 Å². The number of carbonyl (C=O) groups excluding carboxylic acids is 1. The van der Waals surface area contributed by atoms with Crippen LogP contribution in [-0.4, -0.2) is 55.3 Å². The molecule has 6 nitrogen and oxygen atoms in total. The first kappa shape index (κ1) is 15.8. The molecule has 1 saturated heterocycles. The molecule has 1 amide bonds. The number of anilines is 1. The Morgan fingerprint density at radius 1 is 1.33 bits per heavy atom. The number of amides is 1. The van der Waals surface area contributed by atoms with Gasteiger partial charge in [-0.05, 0) is 25.5 Å². The largest absolute Gasteiger partial charge is 0.370 e. The third-order valence-electron chi connectivity index (χ3n) is 3.39. The average Bonchev–Trinajstić information content (AvgIpc) is 2.44. The summed E-state index contributed by atoms with van der Waals surface area (Å²) in [5.74, 6) is 0.646. The number of nitrogens with one attached hydrogen (secondary N) is 1. The van der Waals surface area contributed by atoms with Gasteiger partial charge in [0.2, 0.25) is 0 Å². The second-order valence-electron chi connectivity index (χ2n) is 5.25. The molecule has 0 bridgehead atoms. The predicted octanol–water partition coefficient (Wildman–Crippen LogP) is 1.08. The zero-order valence-corrected chi connectivity index (χ0v) is 13.2. The van der Waals surface area contributed by atoms with Gasteiger partial charge in [0.05, 0.1) is 11.5 Å². The quantitative estimate of drug-likeness (QED) is 0.900. The summed E-state index contributed by atoms with van der Waals surface area (Å²) in [5.41, 5.74) is 1.32. The van der Waals surface area contributed by atoms with Crippen molar-refractivity contribution in [3.8, 4) is 0 Å². The lowest BCUT2D eigenvalue weighted by Crippen LogP contribution is -2.43. The van der Waals surface area contributed by atoms with Gasteiger partial charge in [-0.25, -0.2) is 13.4 Å². The number of sulfone groups is 1. The maximum atomic E-state index is 12.5. The van der Waals surface area contributed by atoms with Crippen molar-refractivity contribution in [3.05, 3.63) is 23.4 Å². The fourth-order valence-electron chi connectivity index (χ4n) is 2.23. The number of aryl methyl sites for hydroxylation is 1. The Hall–Kier alpha value is -1.63. The molecule has 1 fully saturated rings. The van der Waals surface area contributed by atoms with Crippen LogP contribution in [0.2, 0.25) is 0 Å². The first-order valence-corrected chi connectivity index (χ1v) is 8.95. The van der Waals surface area contributed by atoms with Crippen molar-refractivity contribution in [1.82, 2.24) is 9.88 Å². The Morgan fingerprint density at radius 3 is 2.62 bits per heavy atom. The summed E-state index contributed by atoms with van der Waals surface area (Å²) in [6.07, 6.45) is 0.975. The molecular weight excluding hydrogens is 290 g/mol. The van der Waals surface area contributed by atoms with E-state index in [0.717, 1.165) is 18.7 Å². The molecule has 0 radical (unpaired) electrons. The van der Waals surface area contributed by atoms with Crippen LogP contribution in [0.15, 0.2) is 12.1 Å². The normalized spacial score (nSPS) is 17.5. The van der Waals surface area contributed by atoms with Gasteiger partial charge in [0.1, 0.15) is 5.82 Å². The van der Waals surface area contributed by atoms with Crippen molar-refractivity contribution >= 4 is 21.6 Å². The number of rotatable bonds is 4. The van der Waals surface area contributed by atoms with Gasteiger partial charge in [0.15, 0.2) is 9.84 Å². The highest BCUT2D eigenvalue weighted by Gasteiger charge is 2.26. The molecule has 116 valence electrons. The number of hydrogen-bond donors (Lipinski definition) is 1. The number of nitrogens with zero attached hydrogens (tertiary/aromatic N) is 2. The summed E-state index contributed by atoms with van der Waals surface area (Å²) in [6.45, 7) is 5.23. The average molecular weight is 311 g/mol. The van der Waals surface area contributed by atoms with E-state index in [-0.39, 0.29) is 30.5 Å². The van der Waals surface area contributed by atoms with Crippen LogP contribution in [0.25, 0.3) is 0 Å². The van der Waals surface area contributed by atoms with Crippen LogP contribution in [0, 0.1) is 6.92 Å². The van der Waals surface area contributed by atoms with Crippen LogP contribution in [0.3, 0.4) is 0 Å². The fraction of sp³-hybridized carbons (Fsp3) is 0.571. The summed E-state index contributed by atoms with van der Waals surface area (Å²) in [6, 6.07) is 3.47. The van der Waals surface area contributed by atoms with E-state index in [0.29, 0.717) is 11.4 Å². The molecule has 0 spiro atoms. The maximum absolute atomic E-state index is 12.5. The molecule has 0 aliphatic carbocycles. The molecule has 1 aliphatic rings. The van der Waals surface area contributed by atoms with Crippen molar-refractivity contribution in [2.75, 3.05) is 36.5 Å². The highest BCUT2D eigenvalue weighted by atomic mass is 32.2. The fourth-order valence-corrected chi connectivity index (χ4v) is 3.43. The Balaban J connectivity index is 2.13. The van der Waals surface area contributed by atoms with E-state index < -0.39 is 9.84 Å². The molecule has 1 aromatic heterocycles. The van der Waals surface area contributed by atoms with Gasteiger partial charge in [0, 0.05) is 30.9 Å². The Kier molecular flexibility index (Phi) is 4.82. The minimum atomic E-state index is -2.98. The van der Waals surface area contributed by atoms with Crippen LogP contribution < -0.4 is 5.32 Å². The molecule has 0 unspecified atom stereocenters. The molecule has 7 heteroatoms. The maximum Gasteiger partial charge on any atom is 0.254 e. The topological polar surface area (TPSA) is 79.4 Å². The van der Waals surface area contributed by atoms with Crippen molar-refractivity contribution in [2.24, 2.45) is 0 Å². The lowest BCUT2D eigenvalue weighted by molar-refractivity contribution is 0.0770. The third-order valence-corrected chi connectivity index (χ3v) is 5.00. The second-order valence-corrected chi connectivity index (χ2v) is 7.56. The standard InChI is InChI=1S/C14H21N3O3S/c1-3-4-15-13-10-12(9-11(2)16-13)14(18)17-5-7-21(19,20)8-6-17/h9-10H,3-8H2,1-2H3,(H,15,16). The summed E-state index contributed by atoms with van der Waals surface area (Å²) < 4.78 is 22.8. The van der Waals surface area contributed by atoms with E-state index in [1.54, 1.807) is 17.0 Å². The highest BCUT2D eigenvalue weighted by Crippen LogP contribution is 2.14. The molecule has 21 heavy (non-hydrogen) atoms. The molecule has 0 atom stereocenters. The lowest BCUT2D eigenvalue weighted by Gasteiger charge is -2.27. The molecule has 2 heterocycles. The zero-order chi connectivity index (χ0) is 15.5. The summed E-state index contributed by atoms with van der Waals surface area (Å²) >= 11 is 0. The van der Waals surface area contributed by atoms with Gasteiger partial charge >= 0.3 is 0 Å². The Morgan fingerprint density at radius 2 is 2.00 bits per heavy atom. The number of hydrogen-bond acceptors (Lipinski definition) is 5. The number of aromatic nitrogens is 1. The van der Waals surface area contributed by atoms with Crippen molar-refractivity contribution in [1.29, 1.82) is 0 Å². The number of pyridine rings is 1. The smallest absolute Gasteiger partial charge is 0.254 e. The minimum absolute atomic E-state index is 0.0454. The predicted molar refractivity (Wildman–Crippen MR) is 82.3 cm³/mol. The monoisotopic (exact) mass is 311 g/mol.